The number of rotatable bonds is 1. The highest BCUT2D eigenvalue weighted by Crippen LogP contribution is 2.20. The van der Waals surface area contributed by atoms with E-state index < -0.39 is 11.2 Å². The van der Waals surface area contributed by atoms with E-state index in [0.717, 1.165) is 26.1 Å². The van der Waals surface area contributed by atoms with Gasteiger partial charge in [-0.25, -0.2) is 4.79 Å². The van der Waals surface area contributed by atoms with Crippen molar-refractivity contribution in [2.45, 2.75) is 13.8 Å². The molecule has 0 unspecified atom stereocenters. The summed E-state index contributed by atoms with van der Waals surface area (Å²) in [6, 6.07) is 0. The van der Waals surface area contributed by atoms with Crippen LogP contribution in [-0.4, -0.2) is 20.0 Å². The summed E-state index contributed by atoms with van der Waals surface area (Å²) in [5, 5.41) is 9.94. The Kier molecular flexibility index (Phi) is 3.01. The number of hydrogen-bond acceptors (Lipinski definition) is 4. The van der Waals surface area contributed by atoms with Crippen molar-refractivity contribution in [1.82, 2.24) is 9.13 Å². The zero-order valence-electron chi connectivity index (χ0n) is 11.3. The third-order valence-electron chi connectivity index (χ3n) is 3.09. The minimum absolute atomic E-state index is 0.0834. The van der Waals surface area contributed by atoms with Gasteiger partial charge < -0.3 is 5.11 Å². The zero-order chi connectivity index (χ0) is 14.3. The molecule has 0 bridgehead atoms. The van der Waals surface area contributed by atoms with Crippen molar-refractivity contribution in [3.8, 4) is 5.88 Å². The molecule has 0 fully saturated rings. The number of aromatic hydroxyl groups is 1. The number of aromatic nitrogens is 2. The Morgan fingerprint density at radius 2 is 1.84 bits per heavy atom. The van der Waals surface area contributed by atoms with Gasteiger partial charge in [-0.1, -0.05) is 0 Å². The number of nitrogens with zero attached hydrogens (tertiary/aromatic N) is 3. The Bertz CT molecular complexity index is 761. The van der Waals surface area contributed by atoms with Crippen LogP contribution in [0.15, 0.2) is 31.9 Å². The normalized spacial score (nSPS) is 16.7. The predicted molar refractivity (Wildman–Crippen MR) is 73.4 cm³/mol. The second-order valence-electron chi connectivity index (χ2n) is 4.53. The molecule has 0 radical (unpaired) electrons. The van der Waals surface area contributed by atoms with Gasteiger partial charge in [0.1, 0.15) is 5.56 Å². The molecule has 0 spiro atoms. The van der Waals surface area contributed by atoms with Crippen LogP contribution in [0.4, 0.5) is 0 Å². The SMILES string of the molecule is CC1=C/C(=C\c2c(O)n(C)c(=O)n(C)c2=O)C(C)=N1. The van der Waals surface area contributed by atoms with E-state index in [1.54, 1.807) is 6.08 Å². The molecule has 0 aliphatic carbocycles. The summed E-state index contributed by atoms with van der Waals surface area (Å²) in [6.45, 7) is 3.67. The zero-order valence-corrected chi connectivity index (χ0v) is 11.3. The lowest BCUT2D eigenvalue weighted by molar-refractivity contribution is 0.410. The molecule has 100 valence electrons. The van der Waals surface area contributed by atoms with E-state index in [1.807, 2.05) is 19.9 Å². The molecule has 0 saturated heterocycles. The average molecular weight is 261 g/mol. The van der Waals surface area contributed by atoms with Crippen molar-refractivity contribution >= 4 is 11.8 Å². The van der Waals surface area contributed by atoms with Crippen molar-refractivity contribution in [3.05, 3.63) is 43.7 Å². The molecule has 1 N–H and O–H groups in total. The van der Waals surface area contributed by atoms with Gasteiger partial charge in [0.2, 0.25) is 5.88 Å². The molecular weight excluding hydrogens is 246 g/mol. The van der Waals surface area contributed by atoms with Crippen LogP contribution >= 0.6 is 0 Å². The molecule has 0 saturated carbocycles. The first-order chi connectivity index (χ1) is 8.82. The van der Waals surface area contributed by atoms with Gasteiger partial charge in [0.25, 0.3) is 5.56 Å². The lowest BCUT2D eigenvalue weighted by atomic mass is 10.1. The average Bonchev–Trinajstić information content (AvgIpc) is 2.68. The van der Waals surface area contributed by atoms with Gasteiger partial charge in [-0.15, -0.1) is 0 Å². The fraction of sp³-hybridized carbons (Fsp3) is 0.308. The monoisotopic (exact) mass is 261 g/mol. The van der Waals surface area contributed by atoms with E-state index in [9.17, 15) is 14.7 Å². The fourth-order valence-corrected chi connectivity index (χ4v) is 1.98. The molecule has 1 aromatic rings. The molecule has 0 aromatic carbocycles. The molecule has 6 heteroatoms. The van der Waals surface area contributed by atoms with Crippen LogP contribution in [0.2, 0.25) is 0 Å². The Labute approximate surface area is 109 Å². The van der Waals surface area contributed by atoms with Crippen molar-refractivity contribution in [3.63, 3.8) is 0 Å². The summed E-state index contributed by atoms with van der Waals surface area (Å²) in [4.78, 5) is 27.9. The first-order valence-electron chi connectivity index (χ1n) is 5.77. The van der Waals surface area contributed by atoms with Gasteiger partial charge in [0.15, 0.2) is 0 Å². The summed E-state index contributed by atoms with van der Waals surface area (Å²) in [6.07, 6.45) is 3.37. The lowest BCUT2D eigenvalue weighted by Gasteiger charge is -2.08. The molecule has 1 aliphatic heterocycles. The molecule has 1 aliphatic rings. The summed E-state index contributed by atoms with van der Waals surface area (Å²) in [7, 11) is 2.79. The van der Waals surface area contributed by atoms with Crippen LogP contribution in [0.3, 0.4) is 0 Å². The summed E-state index contributed by atoms with van der Waals surface area (Å²) < 4.78 is 2.00. The molecule has 0 atom stereocenters. The van der Waals surface area contributed by atoms with Crippen molar-refractivity contribution in [1.29, 1.82) is 0 Å². The van der Waals surface area contributed by atoms with Crippen molar-refractivity contribution in [2.24, 2.45) is 19.1 Å². The van der Waals surface area contributed by atoms with Crippen LogP contribution < -0.4 is 11.2 Å². The van der Waals surface area contributed by atoms with E-state index >= 15 is 0 Å². The molecule has 0 amide bonds. The van der Waals surface area contributed by atoms with Crippen LogP contribution in [0.25, 0.3) is 6.08 Å². The van der Waals surface area contributed by atoms with Gasteiger partial charge in [0.05, 0.1) is 0 Å². The molecule has 2 heterocycles. The maximum atomic E-state index is 12.0. The second-order valence-corrected chi connectivity index (χ2v) is 4.53. The van der Waals surface area contributed by atoms with Gasteiger partial charge >= 0.3 is 5.69 Å². The van der Waals surface area contributed by atoms with E-state index in [-0.39, 0.29) is 11.4 Å². The molecular formula is C13H15N3O3. The third-order valence-corrected chi connectivity index (χ3v) is 3.09. The highest BCUT2D eigenvalue weighted by atomic mass is 16.3. The van der Waals surface area contributed by atoms with Gasteiger partial charge in [-0.05, 0) is 31.6 Å². The summed E-state index contributed by atoms with van der Waals surface area (Å²) >= 11 is 0. The summed E-state index contributed by atoms with van der Waals surface area (Å²) in [5.41, 5.74) is 1.35. The minimum Gasteiger partial charge on any atom is -0.494 e. The first kappa shape index (κ1) is 13.1. The number of aliphatic imine (C=N–C) groups is 1. The van der Waals surface area contributed by atoms with Crippen molar-refractivity contribution < 1.29 is 5.11 Å². The number of hydrogen-bond donors (Lipinski definition) is 1. The maximum Gasteiger partial charge on any atom is 0.333 e. The van der Waals surface area contributed by atoms with Gasteiger partial charge in [-0.2, -0.15) is 0 Å². The smallest absolute Gasteiger partial charge is 0.333 e. The Morgan fingerprint density at radius 3 is 2.37 bits per heavy atom. The van der Waals surface area contributed by atoms with Crippen LogP contribution in [0, 0.1) is 0 Å². The summed E-state index contributed by atoms with van der Waals surface area (Å²) in [5.74, 6) is -0.341. The second kappa shape index (κ2) is 4.38. The van der Waals surface area contributed by atoms with E-state index in [1.165, 1.54) is 14.1 Å². The lowest BCUT2D eigenvalue weighted by Crippen LogP contribution is -2.38. The minimum atomic E-state index is -0.562. The van der Waals surface area contributed by atoms with Gasteiger partial charge in [0, 0.05) is 25.5 Å². The van der Waals surface area contributed by atoms with Crippen molar-refractivity contribution in [2.75, 3.05) is 0 Å². The third kappa shape index (κ3) is 2.05. The van der Waals surface area contributed by atoms with Crippen LogP contribution in [0.5, 0.6) is 5.88 Å². The van der Waals surface area contributed by atoms with Crippen LogP contribution in [0.1, 0.15) is 19.4 Å². The van der Waals surface area contributed by atoms with E-state index in [4.69, 9.17) is 0 Å². The first-order valence-corrected chi connectivity index (χ1v) is 5.77. The predicted octanol–water partition coefficient (Wildman–Crippen LogP) is 0.551. The van der Waals surface area contributed by atoms with E-state index in [2.05, 4.69) is 4.99 Å². The fourth-order valence-electron chi connectivity index (χ4n) is 1.98. The molecule has 2 rings (SSSR count). The molecule has 1 aromatic heterocycles. The molecule has 19 heavy (non-hydrogen) atoms. The Hall–Kier alpha value is -2.37. The molecule has 6 nitrogen and oxygen atoms in total. The number of allylic oxidation sites excluding steroid dienone is 3. The Morgan fingerprint density at radius 1 is 1.21 bits per heavy atom. The standard InChI is InChI=1S/C13H15N3O3/c1-7-5-9(8(2)14-7)6-10-11(17)15(3)13(19)16(4)12(10)18/h5-6,17H,1-4H3/b9-6+. The highest BCUT2D eigenvalue weighted by Gasteiger charge is 2.15. The maximum absolute atomic E-state index is 12.0. The van der Waals surface area contributed by atoms with E-state index in [0.29, 0.717) is 0 Å². The largest absolute Gasteiger partial charge is 0.494 e. The highest BCUT2D eigenvalue weighted by molar-refractivity contribution is 6.07. The Balaban J connectivity index is 2.74. The van der Waals surface area contributed by atoms with Crippen LogP contribution in [-0.2, 0) is 14.1 Å². The quantitative estimate of drug-likeness (QED) is 0.802. The van der Waals surface area contributed by atoms with Gasteiger partial charge in [-0.3, -0.25) is 18.9 Å². The topological polar surface area (TPSA) is 76.6 Å².